The van der Waals surface area contributed by atoms with Crippen molar-refractivity contribution in [3.8, 4) is 10.8 Å². The van der Waals surface area contributed by atoms with Crippen LogP contribution < -0.4 is 5.32 Å². The Morgan fingerprint density at radius 2 is 2.27 bits per heavy atom. The predicted octanol–water partition coefficient (Wildman–Crippen LogP) is 1.11. The Kier molecular flexibility index (Phi) is 5.75. The molecule has 1 amide bonds. The molecule has 0 aliphatic heterocycles. The minimum atomic E-state index is -2.38. The quantitative estimate of drug-likeness (QED) is 0.717. The summed E-state index contributed by atoms with van der Waals surface area (Å²) in [5.74, 6) is 1.54. The Hall–Kier alpha value is -0.630. The highest BCUT2D eigenvalue weighted by Crippen LogP contribution is 1.95. The molecule has 0 aliphatic rings. The molecule has 11 heavy (non-hydrogen) atoms. The molecule has 0 saturated carbocycles. The first-order valence-corrected chi connectivity index (χ1v) is 3.63. The van der Waals surface area contributed by atoms with Crippen LogP contribution in [0.4, 0.5) is 8.78 Å². The fourth-order valence-electron chi connectivity index (χ4n) is 0.382. The van der Waals surface area contributed by atoms with E-state index in [2.05, 4.69) is 32.0 Å². The summed E-state index contributed by atoms with van der Waals surface area (Å²) in [7, 11) is 0. The van der Waals surface area contributed by atoms with Crippen LogP contribution in [0.3, 0.4) is 0 Å². The topological polar surface area (TPSA) is 29.1 Å². The van der Waals surface area contributed by atoms with Crippen molar-refractivity contribution in [2.24, 2.45) is 0 Å². The predicted molar refractivity (Wildman–Crippen MR) is 40.3 cm³/mol. The lowest BCUT2D eigenvalue weighted by Gasteiger charge is -1.98. The summed E-state index contributed by atoms with van der Waals surface area (Å²) in [6.07, 6.45) is -2.72. The van der Waals surface area contributed by atoms with E-state index in [9.17, 15) is 13.6 Å². The summed E-state index contributed by atoms with van der Waals surface area (Å²) in [6, 6.07) is 0. The molecule has 0 fully saturated rings. The van der Waals surface area contributed by atoms with Gasteiger partial charge in [0.25, 0.3) is 5.91 Å². The maximum atomic E-state index is 11.5. The highest BCUT2D eigenvalue weighted by molar-refractivity contribution is 9.12. The molecule has 0 bridgehead atoms. The number of rotatable bonds is 3. The fourth-order valence-corrected chi connectivity index (χ4v) is 0.562. The van der Waals surface area contributed by atoms with Gasteiger partial charge >= 0.3 is 0 Å². The average molecular weight is 226 g/mol. The highest BCUT2D eigenvalue weighted by atomic mass is 79.9. The molecule has 0 aromatic rings. The van der Waals surface area contributed by atoms with Crippen molar-refractivity contribution in [1.82, 2.24) is 5.32 Å². The third-order valence-corrected chi connectivity index (χ3v) is 1.01. The zero-order valence-corrected chi connectivity index (χ0v) is 7.12. The minimum absolute atomic E-state index is 0.0435. The van der Waals surface area contributed by atoms with E-state index in [-0.39, 0.29) is 13.0 Å². The van der Waals surface area contributed by atoms with Crippen molar-refractivity contribution in [3.05, 3.63) is 0 Å². The first kappa shape index (κ1) is 10.4. The Balaban J connectivity index is 3.37. The Bertz CT molecular complexity index is 185. The minimum Gasteiger partial charge on any atom is -0.345 e. The van der Waals surface area contributed by atoms with Crippen LogP contribution >= 0.6 is 15.9 Å². The number of hydrogen-bond donors (Lipinski definition) is 1. The maximum Gasteiger partial charge on any atom is 0.296 e. The zero-order valence-electron chi connectivity index (χ0n) is 5.53. The van der Waals surface area contributed by atoms with E-state index < -0.39 is 12.3 Å². The lowest BCUT2D eigenvalue weighted by Crippen LogP contribution is -2.23. The summed E-state index contributed by atoms with van der Waals surface area (Å²) >= 11 is 2.70. The van der Waals surface area contributed by atoms with Gasteiger partial charge < -0.3 is 5.32 Å². The molecule has 62 valence electrons. The summed E-state index contributed by atoms with van der Waals surface area (Å²) in [5, 5.41) is 2.19. The first-order chi connectivity index (χ1) is 5.16. The van der Waals surface area contributed by atoms with E-state index >= 15 is 0 Å². The monoisotopic (exact) mass is 225 g/mol. The molecule has 2 nitrogen and oxygen atoms in total. The van der Waals surface area contributed by atoms with E-state index in [0.717, 1.165) is 0 Å². The molecule has 0 heterocycles. The van der Waals surface area contributed by atoms with Gasteiger partial charge in [-0.3, -0.25) is 4.79 Å². The van der Waals surface area contributed by atoms with Gasteiger partial charge in [0, 0.05) is 34.8 Å². The molecule has 0 aromatic heterocycles. The van der Waals surface area contributed by atoms with Gasteiger partial charge in [-0.2, -0.15) is 0 Å². The number of amides is 1. The summed E-state index contributed by atoms with van der Waals surface area (Å²) in [6.45, 7) is -0.0435. The molecule has 0 aliphatic carbocycles. The molecule has 1 N–H and O–H groups in total. The molecule has 0 atom stereocenters. The zero-order chi connectivity index (χ0) is 8.69. The third-order valence-electron chi connectivity index (χ3n) is 0.809. The number of halogens is 3. The van der Waals surface area contributed by atoms with Crippen LogP contribution in [0, 0.1) is 10.8 Å². The van der Waals surface area contributed by atoms with Crippen LogP contribution in [0.15, 0.2) is 0 Å². The number of alkyl halides is 2. The van der Waals surface area contributed by atoms with Crippen molar-refractivity contribution in [1.29, 1.82) is 0 Å². The van der Waals surface area contributed by atoms with Gasteiger partial charge in [0.2, 0.25) is 6.43 Å². The average Bonchev–Trinajstić information content (AvgIpc) is 1.87. The van der Waals surface area contributed by atoms with Gasteiger partial charge in [0.1, 0.15) is 0 Å². The van der Waals surface area contributed by atoms with Crippen LogP contribution in [0.5, 0.6) is 0 Å². The number of carbonyl (C=O) groups excluding carboxylic acids is 1. The Morgan fingerprint density at radius 3 is 2.73 bits per heavy atom. The van der Waals surface area contributed by atoms with Gasteiger partial charge in [0.15, 0.2) is 0 Å². The van der Waals surface area contributed by atoms with Crippen LogP contribution in [-0.4, -0.2) is 18.9 Å². The SMILES string of the molecule is O=C(C#CBr)NCCC(F)F. The Morgan fingerprint density at radius 1 is 1.64 bits per heavy atom. The van der Waals surface area contributed by atoms with Gasteiger partial charge in [0.05, 0.1) is 0 Å². The first-order valence-electron chi connectivity index (χ1n) is 2.84. The molecule has 0 saturated heterocycles. The molecule has 5 heteroatoms. The number of carbonyl (C=O) groups is 1. The van der Waals surface area contributed by atoms with E-state index in [0.29, 0.717) is 0 Å². The third kappa shape index (κ3) is 7.26. The van der Waals surface area contributed by atoms with E-state index in [1.54, 1.807) is 0 Å². The standard InChI is InChI=1S/C6H6BrF2NO/c7-3-1-6(11)10-4-2-5(8)9/h5H,2,4H2,(H,10,11). The van der Waals surface area contributed by atoms with Crippen molar-refractivity contribution < 1.29 is 13.6 Å². The summed E-state index contributed by atoms with van der Waals surface area (Å²) in [5.41, 5.74) is 0. The van der Waals surface area contributed by atoms with Gasteiger partial charge in [-0.15, -0.1) is 0 Å². The van der Waals surface area contributed by atoms with Crippen LogP contribution in [0.25, 0.3) is 0 Å². The largest absolute Gasteiger partial charge is 0.345 e. The molecular weight excluding hydrogens is 220 g/mol. The van der Waals surface area contributed by atoms with Crippen molar-refractivity contribution in [2.45, 2.75) is 12.8 Å². The smallest absolute Gasteiger partial charge is 0.296 e. The maximum absolute atomic E-state index is 11.5. The summed E-state index contributed by atoms with van der Waals surface area (Å²) < 4.78 is 22.9. The normalized spacial score (nSPS) is 8.73. The van der Waals surface area contributed by atoms with Gasteiger partial charge in [-0.25, -0.2) is 8.78 Å². The number of hydrogen-bond acceptors (Lipinski definition) is 1. The second-order valence-corrected chi connectivity index (χ2v) is 2.05. The second-order valence-electron chi connectivity index (χ2n) is 1.66. The molecule has 0 spiro atoms. The van der Waals surface area contributed by atoms with E-state index in [4.69, 9.17) is 0 Å². The van der Waals surface area contributed by atoms with Crippen LogP contribution in [0.2, 0.25) is 0 Å². The molecule has 0 rings (SSSR count). The van der Waals surface area contributed by atoms with E-state index in [1.807, 2.05) is 0 Å². The fraction of sp³-hybridized carbons (Fsp3) is 0.500. The molecule has 0 aromatic carbocycles. The highest BCUT2D eigenvalue weighted by Gasteiger charge is 2.01. The Labute approximate surface area is 71.5 Å². The molecule has 0 radical (unpaired) electrons. The van der Waals surface area contributed by atoms with Crippen LogP contribution in [-0.2, 0) is 4.79 Å². The van der Waals surface area contributed by atoms with Crippen molar-refractivity contribution >= 4 is 21.8 Å². The van der Waals surface area contributed by atoms with Crippen molar-refractivity contribution in [2.75, 3.05) is 6.54 Å². The number of nitrogens with one attached hydrogen (secondary N) is 1. The van der Waals surface area contributed by atoms with Gasteiger partial charge in [-0.1, -0.05) is 0 Å². The lowest BCUT2D eigenvalue weighted by molar-refractivity contribution is -0.115. The summed E-state index contributed by atoms with van der Waals surface area (Å²) in [4.78, 5) is 12.6. The van der Waals surface area contributed by atoms with Gasteiger partial charge in [-0.05, 0) is 4.83 Å². The molecule has 0 unspecified atom stereocenters. The van der Waals surface area contributed by atoms with E-state index in [1.165, 1.54) is 0 Å². The molecular formula is C6H6BrF2NO. The second kappa shape index (κ2) is 6.10. The lowest BCUT2D eigenvalue weighted by atomic mass is 10.4. The van der Waals surface area contributed by atoms with Crippen molar-refractivity contribution in [3.63, 3.8) is 0 Å². The van der Waals surface area contributed by atoms with Crippen LogP contribution in [0.1, 0.15) is 6.42 Å².